The summed E-state index contributed by atoms with van der Waals surface area (Å²) < 4.78 is 16.8. The average molecular weight is 449 g/mol. The lowest BCUT2D eigenvalue weighted by atomic mass is 9.98. The topological polar surface area (TPSA) is 72.2 Å². The van der Waals surface area contributed by atoms with Crippen LogP contribution < -0.4 is 10.2 Å². The van der Waals surface area contributed by atoms with Gasteiger partial charge in [0.25, 0.3) is 5.91 Å². The first-order valence-corrected chi connectivity index (χ1v) is 11.4. The van der Waals surface area contributed by atoms with Crippen LogP contribution in [0.2, 0.25) is 0 Å². The van der Waals surface area contributed by atoms with Gasteiger partial charge in [0.15, 0.2) is 5.43 Å². The van der Waals surface area contributed by atoms with E-state index in [-0.39, 0.29) is 17.1 Å². The van der Waals surface area contributed by atoms with E-state index in [0.29, 0.717) is 23.1 Å². The lowest BCUT2D eigenvalue weighted by Gasteiger charge is -2.29. The van der Waals surface area contributed by atoms with E-state index >= 15 is 0 Å². The maximum Gasteiger partial charge on any atom is 0.290 e. The van der Waals surface area contributed by atoms with Gasteiger partial charge in [-0.25, -0.2) is 0 Å². The van der Waals surface area contributed by atoms with E-state index in [4.69, 9.17) is 13.9 Å². The fourth-order valence-corrected chi connectivity index (χ4v) is 4.79. The van der Waals surface area contributed by atoms with Crippen LogP contribution >= 0.6 is 0 Å². The van der Waals surface area contributed by atoms with Gasteiger partial charge in [0, 0.05) is 26.2 Å². The molecule has 3 aromatic rings. The highest BCUT2D eigenvalue weighted by Gasteiger charge is 2.42. The van der Waals surface area contributed by atoms with Crippen molar-refractivity contribution in [2.75, 3.05) is 46.5 Å². The number of morpholine rings is 1. The molecule has 0 saturated carbocycles. The molecule has 1 atom stereocenters. The van der Waals surface area contributed by atoms with E-state index in [9.17, 15) is 9.59 Å². The van der Waals surface area contributed by atoms with Crippen LogP contribution in [0.4, 0.5) is 0 Å². The summed E-state index contributed by atoms with van der Waals surface area (Å²) in [5.41, 5.74) is 2.58. The third-order valence-corrected chi connectivity index (χ3v) is 6.53. The highest BCUT2D eigenvalue weighted by Crippen LogP contribution is 2.38. The summed E-state index contributed by atoms with van der Waals surface area (Å²) in [6.45, 7) is 6.64. The molecule has 7 nitrogen and oxygen atoms in total. The van der Waals surface area contributed by atoms with Crippen LogP contribution in [0.25, 0.3) is 11.0 Å². The molecule has 0 aliphatic carbocycles. The van der Waals surface area contributed by atoms with Crippen molar-refractivity contribution >= 4 is 16.9 Å². The van der Waals surface area contributed by atoms with Crippen molar-refractivity contribution in [2.24, 2.45) is 0 Å². The molecule has 1 saturated heterocycles. The summed E-state index contributed by atoms with van der Waals surface area (Å²) in [5, 5.41) is 0.509. The Kier molecular flexibility index (Phi) is 5.91. The summed E-state index contributed by atoms with van der Waals surface area (Å²) in [6.07, 6.45) is 0.805. The van der Waals surface area contributed by atoms with Gasteiger partial charge in [-0.3, -0.25) is 14.5 Å². The summed E-state index contributed by atoms with van der Waals surface area (Å²) in [7, 11) is 1.62. The quantitative estimate of drug-likeness (QED) is 0.576. The minimum absolute atomic E-state index is 0.139. The lowest BCUT2D eigenvalue weighted by molar-refractivity contribution is 0.0353. The Labute approximate surface area is 192 Å². The molecular formula is C26H28N2O5. The van der Waals surface area contributed by atoms with Gasteiger partial charge in [0.1, 0.15) is 11.3 Å². The van der Waals surface area contributed by atoms with Crippen molar-refractivity contribution in [1.82, 2.24) is 9.80 Å². The molecule has 1 aromatic heterocycles. The second kappa shape index (κ2) is 9.00. The molecular weight excluding hydrogens is 420 g/mol. The van der Waals surface area contributed by atoms with E-state index in [1.807, 2.05) is 43.3 Å². The molecule has 0 N–H and O–H groups in total. The second-order valence-corrected chi connectivity index (χ2v) is 8.66. The van der Waals surface area contributed by atoms with Crippen LogP contribution in [0.1, 0.15) is 39.7 Å². The van der Waals surface area contributed by atoms with Gasteiger partial charge in [0.05, 0.1) is 37.3 Å². The predicted octanol–water partition coefficient (Wildman–Crippen LogP) is 3.38. The number of ether oxygens (including phenoxy) is 2. The Bertz CT molecular complexity index is 1230. The number of benzene rings is 2. The van der Waals surface area contributed by atoms with Gasteiger partial charge < -0.3 is 18.8 Å². The van der Waals surface area contributed by atoms with Crippen LogP contribution in [0, 0.1) is 6.92 Å². The van der Waals surface area contributed by atoms with E-state index in [1.165, 1.54) is 0 Å². The molecule has 0 unspecified atom stereocenters. The fourth-order valence-electron chi connectivity index (χ4n) is 4.79. The van der Waals surface area contributed by atoms with Crippen LogP contribution in [0.3, 0.4) is 0 Å². The monoisotopic (exact) mass is 448 g/mol. The standard InChI is InChI=1S/C26H28N2O5/c1-17-4-9-21-20(16-17)24(29)22-23(18-5-7-19(31-2)8-6-18)28(26(30)25(22)33-21)11-3-10-27-12-14-32-15-13-27/h4-9,16,23H,3,10-15H2,1-2H3/t23-/m1/s1. The Balaban J connectivity index is 1.53. The number of rotatable bonds is 6. The van der Waals surface area contributed by atoms with Gasteiger partial charge in [-0.05, 0) is 43.2 Å². The van der Waals surface area contributed by atoms with Crippen molar-refractivity contribution in [3.8, 4) is 5.75 Å². The zero-order valence-corrected chi connectivity index (χ0v) is 19.0. The highest BCUT2D eigenvalue weighted by atomic mass is 16.5. The molecule has 172 valence electrons. The van der Waals surface area contributed by atoms with Gasteiger partial charge >= 0.3 is 0 Å². The number of amides is 1. The first kappa shape index (κ1) is 21.7. The van der Waals surface area contributed by atoms with Crippen molar-refractivity contribution in [2.45, 2.75) is 19.4 Å². The fraction of sp³-hybridized carbons (Fsp3) is 0.385. The summed E-state index contributed by atoms with van der Waals surface area (Å²) in [4.78, 5) is 31.2. The minimum Gasteiger partial charge on any atom is -0.497 e. The first-order valence-electron chi connectivity index (χ1n) is 11.4. The Hall–Kier alpha value is -3.16. The van der Waals surface area contributed by atoms with E-state index in [1.54, 1.807) is 18.1 Å². The molecule has 1 fully saturated rings. The van der Waals surface area contributed by atoms with Gasteiger partial charge in [0.2, 0.25) is 5.76 Å². The molecule has 0 spiro atoms. The summed E-state index contributed by atoms with van der Waals surface area (Å²) >= 11 is 0. The number of carbonyl (C=O) groups is 1. The van der Waals surface area contributed by atoms with Crippen molar-refractivity contribution in [1.29, 1.82) is 0 Å². The van der Waals surface area contributed by atoms with Crippen molar-refractivity contribution in [3.05, 3.63) is 75.1 Å². The zero-order valence-electron chi connectivity index (χ0n) is 19.0. The summed E-state index contributed by atoms with van der Waals surface area (Å²) in [5.74, 6) is 0.652. The molecule has 7 heteroatoms. The molecule has 3 heterocycles. The predicted molar refractivity (Wildman–Crippen MR) is 125 cm³/mol. The zero-order chi connectivity index (χ0) is 22.9. The molecule has 2 aliphatic heterocycles. The van der Waals surface area contributed by atoms with Gasteiger partial charge in [-0.2, -0.15) is 0 Å². The van der Waals surface area contributed by atoms with Gasteiger partial charge in [-0.15, -0.1) is 0 Å². The second-order valence-electron chi connectivity index (χ2n) is 8.66. The van der Waals surface area contributed by atoms with Crippen LogP contribution in [0.5, 0.6) is 5.75 Å². The Morgan fingerprint density at radius 3 is 2.52 bits per heavy atom. The largest absolute Gasteiger partial charge is 0.497 e. The molecule has 5 rings (SSSR count). The molecule has 2 aromatic carbocycles. The molecule has 0 radical (unpaired) electrons. The lowest BCUT2D eigenvalue weighted by Crippen LogP contribution is -2.38. The number of nitrogens with zero attached hydrogens (tertiary/aromatic N) is 2. The third kappa shape index (κ3) is 4.03. The number of methoxy groups -OCH3 is 1. The first-order chi connectivity index (χ1) is 16.1. The molecule has 1 amide bonds. The van der Waals surface area contributed by atoms with Crippen molar-refractivity contribution < 1.29 is 18.7 Å². The van der Waals surface area contributed by atoms with Crippen LogP contribution in [0.15, 0.2) is 51.7 Å². The molecule has 2 aliphatic rings. The molecule has 0 bridgehead atoms. The number of hydrogen-bond acceptors (Lipinski definition) is 6. The van der Waals surface area contributed by atoms with E-state index in [2.05, 4.69) is 4.90 Å². The minimum atomic E-state index is -0.482. The van der Waals surface area contributed by atoms with Crippen LogP contribution in [-0.4, -0.2) is 62.2 Å². The number of aryl methyl sites for hydroxylation is 1. The van der Waals surface area contributed by atoms with Crippen molar-refractivity contribution in [3.63, 3.8) is 0 Å². The normalized spacial score (nSPS) is 18.7. The van der Waals surface area contributed by atoms with Crippen LogP contribution in [-0.2, 0) is 4.74 Å². The van der Waals surface area contributed by atoms with Gasteiger partial charge in [-0.1, -0.05) is 23.8 Å². The maximum absolute atomic E-state index is 13.6. The smallest absolute Gasteiger partial charge is 0.290 e. The van der Waals surface area contributed by atoms with E-state index in [0.717, 1.165) is 56.1 Å². The maximum atomic E-state index is 13.6. The molecule has 33 heavy (non-hydrogen) atoms. The SMILES string of the molecule is COc1ccc([C@@H]2c3c(oc4ccc(C)cc4c3=O)C(=O)N2CCCN2CCOCC2)cc1. The number of hydrogen-bond donors (Lipinski definition) is 0. The summed E-state index contributed by atoms with van der Waals surface area (Å²) in [6, 6.07) is 12.6. The number of carbonyl (C=O) groups excluding carboxylic acids is 1. The average Bonchev–Trinajstić information content (AvgIpc) is 3.12. The third-order valence-electron chi connectivity index (χ3n) is 6.53. The van der Waals surface area contributed by atoms with E-state index < -0.39 is 6.04 Å². The Morgan fingerprint density at radius 1 is 1.03 bits per heavy atom. The highest BCUT2D eigenvalue weighted by molar-refractivity contribution is 5.99. The Morgan fingerprint density at radius 2 is 1.79 bits per heavy atom. The number of fused-ring (bicyclic) bond motifs is 2.